The zero-order chi connectivity index (χ0) is 12.1. The van der Waals surface area contributed by atoms with E-state index in [1.165, 1.54) is 22.2 Å². The molecule has 2 heterocycles. The van der Waals surface area contributed by atoms with Gasteiger partial charge in [0.25, 0.3) is 0 Å². The summed E-state index contributed by atoms with van der Waals surface area (Å²) >= 11 is 5.20. The van der Waals surface area contributed by atoms with Crippen molar-refractivity contribution in [3.8, 4) is 0 Å². The fraction of sp³-hybridized carbons (Fsp3) is 0.583. The number of likely N-dealkylation sites (tertiary alicyclic amines) is 1. The van der Waals surface area contributed by atoms with Crippen LogP contribution in [-0.2, 0) is 6.54 Å². The third kappa shape index (κ3) is 4.70. The van der Waals surface area contributed by atoms with Crippen LogP contribution in [0.4, 0.5) is 0 Å². The van der Waals surface area contributed by atoms with Gasteiger partial charge in [0, 0.05) is 19.6 Å². The maximum atomic E-state index is 4.70. The lowest BCUT2D eigenvalue weighted by Crippen LogP contribution is -2.39. The molecule has 0 aromatic carbocycles. The predicted octanol–water partition coefficient (Wildman–Crippen LogP) is 3.69. The van der Waals surface area contributed by atoms with Gasteiger partial charge in [0.05, 0.1) is 10.3 Å². The summed E-state index contributed by atoms with van der Waals surface area (Å²) in [6.07, 6.45) is 2.57. The Morgan fingerprint density at radius 1 is 1.50 bits per heavy atom. The molecule has 1 N–H and O–H groups in total. The maximum absolute atomic E-state index is 4.70. The van der Waals surface area contributed by atoms with Crippen molar-refractivity contribution in [1.29, 1.82) is 0 Å². The number of halogens is 2. The number of hydrogen-bond acceptors (Lipinski definition) is 2. The topological polar surface area (TPSA) is 27.6 Å². The second-order valence-corrected chi connectivity index (χ2v) is 6.41. The van der Waals surface area contributed by atoms with Gasteiger partial charge in [-0.25, -0.2) is 4.99 Å². The highest BCUT2D eigenvalue weighted by Gasteiger charge is 2.15. The van der Waals surface area contributed by atoms with Crippen LogP contribution in [0, 0.1) is 0 Å². The molecule has 0 radical (unpaired) electrons. The number of guanidine groups is 1. The van der Waals surface area contributed by atoms with Crippen LogP contribution in [0.1, 0.15) is 25.3 Å². The Morgan fingerprint density at radius 2 is 2.22 bits per heavy atom. The van der Waals surface area contributed by atoms with Gasteiger partial charge in [-0.1, -0.05) is 0 Å². The van der Waals surface area contributed by atoms with Gasteiger partial charge in [-0.15, -0.1) is 35.3 Å². The zero-order valence-corrected chi connectivity index (χ0v) is 15.2. The van der Waals surface area contributed by atoms with E-state index in [1.54, 1.807) is 11.3 Å². The summed E-state index contributed by atoms with van der Waals surface area (Å²) in [6.45, 7) is 6.09. The molecule has 0 saturated carbocycles. The summed E-state index contributed by atoms with van der Waals surface area (Å²) in [5.74, 6) is 1.06. The smallest absolute Gasteiger partial charge is 0.194 e. The van der Waals surface area contributed by atoms with Gasteiger partial charge >= 0.3 is 0 Å². The van der Waals surface area contributed by atoms with Crippen molar-refractivity contribution in [3.63, 3.8) is 0 Å². The minimum absolute atomic E-state index is 0. The molecule has 3 nitrogen and oxygen atoms in total. The third-order valence-corrected chi connectivity index (χ3v) is 4.33. The highest BCUT2D eigenvalue weighted by Crippen LogP contribution is 2.21. The number of nitrogens with zero attached hydrogens (tertiary/aromatic N) is 2. The number of thiophene rings is 1. The molecule has 0 amide bonds. The van der Waals surface area contributed by atoms with E-state index in [1.807, 2.05) is 0 Å². The fourth-order valence-corrected chi connectivity index (χ4v) is 3.15. The molecule has 0 spiro atoms. The van der Waals surface area contributed by atoms with Crippen molar-refractivity contribution in [2.24, 2.45) is 4.99 Å². The minimum atomic E-state index is 0. The summed E-state index contributed by atoms with van der Waals surface area (Å²) in [5, 5.41) is 5.52. The van der Waals surface area contributed by atoms with Crippen molar-refractivity contribution in [2.45, 2.75) is 26.3 Å². The van der Waals surface area contributed by atoms with Gasteiger partial charge in [-0.05, 0) is 52.7 Å². The van der Waals surface area contributed by atoms with Crippen LogP contribution < -0.4 is 5.32 Å². The van der Waals surface area contributed by atoms with E-state index in [4.69, 9.17) is 4.99 Å². The summed E-state index contributed by atoms with van der Waals surface area (Å²) in [4.78, 5) is 7.05. The summed E-state index contributed by atoms with van der Waals surface area (Å²) in [7, 11) is 0. The molecule has 2 rings (SSSR count). The van der Waals surface area contributed by atoms with Crippen molar-refractivity contribution in [1.82, 2.24) is 10.2 Å². The number of nitrogens with one attached hydrogen (secondary N) is 1. The van der Waals surface area contributed by atoms with Crippen LogP contribution >= 0.6 is 51.2 Å². The highest BCUT2D eigenvalue weighted by molar-refractivity contribution is 14.0. The first-order valence-electron chi connectivity index (χ1n) is 6.05. The zero-order valence-electron chi connectivity index (χ0n) is 10.5. The van der Waals surface area contributed by atoms with Crippen LogP contribution in [0.15, 0.2) is 20.2 Å². The quantitative estimate of drug-likeness (QED) is 0.438. The summed E-state index contributed by atoms with van der Waals surface area (Å²) in [6, 6.07) is 2.14. The van der Waals surface area contributed by atoms with Gasteiger partial charge in [-0.2, -0.15) is 0 Å². The van der Waals surface area contributed by atoms with Crippen LogP contribution in [0.25, 0.3) is 0 Å². The Labute approximate surface area is 138 Å². The fourth-order valence-electron chi connectivity index (χ4n) is 1.95. The highest BCUT2D eigenvalue weighted by atomic mass is 127. The van der Waals surface area contributed by atoms with E-state index in [-0.39, 0.29) is 24.0 Å². The van der Waals surface area contributed by atoms with Crippen molar-refractivity contribution < 1.29 is 0 Å². The predicted molar refractivity (Wildman–Crippen MR) is 93.1 cm³/mol. The average Bonchev–Trinajstić information content (AvgIpc) is 2.95. The van der Waals surface area contributed by atoms with E-state index in [9.17, 15) is 0 Å². The molecule has 102 valence electrons. The molecule has 0 atom stereocenters. The molecule has 0 bridgehead atoms. The van der Waals surface area contributed by atoms with E-state index in [0.29, 0.717) is 0 Å². The molecular formula is C12H19BrIN3S. The third-order valence-electron chi connectivity index (χ3n) is 2.77. The molecule has 1 aliphatic heterocycles. The normalized spacial score (nSPS) is 15.7. The van der Waals surface area contributed by atoms with Gasteiger partial charge in [0.1, 0.15) is 0 Å². The maximum Gasteiger partial charge on any atom is 0.194 e. The SMILES string of the molecule is CCNC(=NCc1csc(Br)c1)N1CCCC1.I. The van der Waals surface area contributed by atoms with Crippen molar-refractivity contribution >= 4 is 57.2 Å². The van der Waals surface area contributed by atoms with Crippen LogP contribution in [-0.4, -0.2) is 30.5 Å². The number of hydrogen-bond donors (Lipinski definition) is 1. The average molecular weight is 444 g/mol. The van der Waals surface area contributed by atoms with Gasteiger partial charge < -0.3 is 10.2 Å². The largest absolute Gasteiger partial charge is 0.357 e. The molecule has 1 fully saturated rings. The number of aliphatic imine (C=N–C) groups is 1. The monoisotopic (exact) mass is 443 g/mol. The molecule has 1 aromatic rings. The van der Waals surface area contributed by atoms with Gasteiger partial charge in [-0.3, -0.25) is 0 Å². The lowest BCUT2D eigenvalue weighted by molar-refractivity contribution is 0.493. The molecule has 6 heteroatoms. The van der Waals surface area contributed by atoms with Crippen LogP contribution in [0.5, 0.6) is 0 Å². The second kappa shape index (κ2) is 8.37. The Morgan fingerprint density at radius 3 is 2.78 bits per heavy atom. The first-order chi connectivity index (χ1) is 8.29. The van der Waals surface area contributed by atoms with Gasteiger partial charge in [0.15, 0.2) is 5.96 Å². The standard InChI is InChI=1S/C12H18BrN3S.HI/c1-2-14-12(16-5-3-4-6-16)15-8-10-7-11(13)17-9-10;/h7,9H,2-6,8H2,1H3,(H,14,15);1H. The Kier molecular flexibility index (Phi) is 7.55. The Balaban J connectivity index is 0.00000162. The molecule has 1 aromatic heterocycles. The Hall–Kier alpha value is 0.180. The number of rotatable bonds is 3. The lowest BCUT2D eigenvalue weighted by Gasteiger charge is -2.20. The van der Waals surface area contributed by atoms with E-state index >= 15 is 0 Å². The molecular weight excluding hydrogens is 425 g/mol. The van der Waals surface area contributed by atoms with Crippen molar-refractivity contribution in [3.05, 3.63) is 20.8 Å². The first-order valence-corrected chi connectivity index (χ1v) is 7.73. The molecule has 1 aliphatic rings. The first kappa shape index (κ1) is 16.2. The second-order valence-electron chi connectivity index (χ2n) is 4.12. The van der Waals surface area contributed by atoms with Crippen LogP contribution in [0.2, 0.25) is 0 Å². The van der Waals surface area contributed by atoms with E-state index in [0.717, 1.165) is 32.1 Å². The lowest BCUT2D eigenvalue weighted by atomic mass is 10.3. The molecule has 0 unspecified atom stereocenters. The minimum Gasteiger partial charge on any atom is -0.357 e. The molecule has 18 heavy (non-hydrogen) atoms. The van der Waals surface area contributed by atoms with E-state index in [2.05, 4.69) is 44.5 Å². The molecule has 1 saturated heterocycles. The van der Waals surface area contributed by atoms with Crippen molar-refractivity contribution in [2.75, 3.05) is 19.6 Å². The molecule has 0 aliphatic carbocycles. The van der Waals surface area contributed by atoms with Crippen LogP contribution in [0.3, 0.4) is 0 Å². The summed E-state index contributed by atoms with van der Waals surface area (Å²) in [5.41, 5.74) is 1.27. The Bertz CT molecular complexity index is 388. The van der Waals surface area contributed by atoms with Gasteiger partial charge in [0.2, 0.25) is 0 Å². The van der Waals surface area contributed by atoms with E-state index < -0.39 is 0 Å². The summed E-state index contributed by atoms with van der Waals surface area (Å²) < 4.78 is 1.17.